The summed E-state index contributed by atoms with van der Waals surface area (Å²) in [5.41, 5.74) is 4.17. The number of benzene rings is 1. The van der Waals surface area contributed by atoms with Gasteiger partial charge in [0.1, 0.15) is 0 Å². The van der Waals surface area contributed by atoms with Crippen molar-refractivity contribution in [1.82, 2.24) is 5.32 Å². The second kappa shape index (κ2) is 5.54. The Kier molecular flexibility index (Phi) is 4.06. The SMILES string of the molecule is CCCC1CN(c2ccc(C)cc2C)CCN1. The van der Waals surface area contributed by atoms with Crippen molar-refractivity contribution in [3.8, 4) is 0 Å². The molecule has 94 valence electrons. The highest BCUT2D eigenvalue weighted by Gasteiger charge is 2.19. The Morgan fingerprint density at radius 1 is 1.35 bits per heavy atom. The molecule has 1 atom stereocenters. The van der Waals surface area contributed by atoms with Crippen LogP contribution in [-0.4, -0.2) is 25.7 Å². The van der Waals surface area contributed by atoms with Crippen LogP contribution in [0.5, 0.6) is 0 Å². The third kappa shape index (κ3) is 3.01. The fraction of sp³-hybridized carbons (Fsp3) is 0.600. The van der Waals surface area contributed by atoms with Gasteiger partial charge in [-0.1, -0.05) is 31.0 Å². The molecule has 17 heavy (non-hydrogen) atoms. The highest BCUT2D eigenvalue weighted by Crippen LogP contribution is 2.22. The van der Waals surface area contributed by atoms with Gasteiger partial charge in [-0.15, -0.1) is 0 Å². The molecule has 2 rings (SSSR count). The van der Waals surface area contributed by atoms with Crippen molar-refractivity contribution in [2.45, 2.75) is 39.7 Å². The van der Waals surface area contributed by atoms with Gasteiger partial charge in [0.05, 0.1) is 0 Å². The quantitative estimate of drug-likeness (QED) is 0.862. The van der Waals surface area contributed by atoms with Crippen molar-refractivity contribution >= 4 is 5.69 Å². The normalized spacial score (nSPS) is 20.6. The Morgan fingerprint density at radius 3 is 2.88 bits per heavy atom. The Hall–Kier alpha value is -1.02. The standard InChI is InChI=1S/C15H24N2/c1-4-5-14-11-17(9-8-16-14)15-7-6-12(2)10-13(15)3/h6-7,10,14,16H,4-5,8-9,11H2,1-3H3. The summed E-state index contributed by atoms with van der Waals surface area (Å²) in [5, 5.41) is 3.61. The summed E-state index contributed by atoms with van der Waals surface area (Å²) >= 11 is 0. The molecule has 0 aromatic heterocycles. The van der Waals surface area contributed by atoms with Crippen molar-refractivity contribution in [2.24, 2.45) is 0 Å². The van der Waals surface area contributed by atoms with E-state index >= 15 is 0 Å². The average Bonchev–Trinajstić information content (AvgIpc) is 2.29. The van der Waals surface area contributed by atoms with Crippen LogP contribution in [0.4, 0.5) is 5.69 Å². The number of anilines is 1. The summed E-state index contributed by atoms with van der Waals surface area (Å²) in [7, 11) is 0. The molecule has 0 amide bonds. The monoisotopic (exact) mass is 232 g/mol. The van der Waals surface area contributed by atoms with Gasteiger partial charge >= 0.3 is 0 Å². The second-order valence-corrected chi connectivity index (χ2v) is 5.18. The molecule has 1 heterocycles. The lowest BCUT2D eigenvalue weighted by Crippen LogP contribution is -2.50. The van der Waals surface area contributed by atoms with Crippen LogP contribution >= 0.6 is 0 Å². The minimum Gasteiger partial charge on any atom is -0.368 e. The van der Waals surface area contributed by atoms with Crippen LogP contribution < -0.4 is 10.2 Å². The number of hydrogen-bond acceptors (Lipinski definition) is 2. The maximum Gasteiger partial charge on any atom is 0.0397 e. The number of piperazine rings is 1. The summed E-state index contributed by atoms with van der Waals surface area (Å²) in [6, 6.07) is 7.44. The van der Waals surface area contributed by atoms with E-state index in [2.05, 4.69) is 49.2 Å². The van der Waals surface area contributed by atoms with E-state index in [4.69, 9.17) is 0 Å². The zero-order valence-electron chi connectivity index (χ0n) is 11.3. The summed E-state index contributed by atoms with van der Waals surface area (Å²) in [6.07, 6.45) is 2.54. The lowest BCUT2D eigenvalue weighted by molar-refractivity contribution is 0.430. The van der Waals surface area contributed by atoms with Gasteiger partial charge in [-0.25, -0.2) is 0 Å². The summed E-state index contributed by atoms with van der Waals surface area (Å²) in [5.74, 6) is 0. The van der Waals surface area contributed by atoms with Gasteiger partial charge in [-0.05, 0) is 31.9 Å². The predicted molar refractivity (Wildman–Crippen MR) is 74.8 cm³/mol. The first-order valence-electron chi connectivity index (χ1n) is 6.76. The van der Waals surface area contributed by atoms with Gasteiger partial charge < -0.3 is 10.2 Å². The molecular weight excluding hydrogens is 208 g/mol. The Morgan fingerprint density at radius 2 is 2.18 bits per heavy atom. The minimum atomic E-state index is 0.662. The van der Waals surface area contributed by atoms with Gasteiger partial charge in [-0.2, -0.15) is 0 Å². The first kappa shape index (κ1) is 12.4. The van der Waals surface area contributed by atoms with Crippen LogP contribution in [0, 0.1) is 13.8 Å². The van der Waals surface area contributed by atoms with E-state index in [0.29, 0.717) is 6.04 Å². The van der Waals surface area contributed by atoms with Crippen molar-refractivity contribution in [3.05, 3.63) is 29.3 Å². The zero-order chi connectivity index (χ0) is 12.3. The minimum absolute atomic E-state index is 0.662. The fourth-order valence-electron chi connectivity index (χ4n) is 2.75. The maximum atomic E-state index is 3.61. The molecule has 0 aliphatic carbocycles. The predicted octanol–water partition coefficient (Wildman–Crippen LogP) is 2.88. The molecule has 0 radical (unpaired) electrons. The lowest BCUT2D eigenvalue weighted by Gasteiger charge is -2.36. The van der Waals surface area contributed by atoms with Gasteiger partial charge in [-0.3, -0.25) is 0 Å². The maximum absolute atomic E-state index is 3.61. The molecule has 2 nitrogen and oxygen atoms in total. The van der Waals surface area contributed by atoms with Crippen molar-refractivity contribution in [1.29, 1.82) is 0 Å². The molecule has 1 aliphatic rings. The van der Waals surface area contributed by atoms with Crippen molar-refractivity contribution in [3.63, 3.8) is 0 Å². The van der Waals surface area contributed by atoms with Crippen molar-refractivity contribution in [2.75, 3.05) is 24.5 Å². The Labute approximate surface area is 105 Å². The highest BCUT2D eigenvalue weighted by atomic mass is 15.2. The third-order valence-electron chi connectivity index (χ3n) is 3.59. The second-order valence-electron chi connectivity index (χ2n) is 5.18. The molecule has 0 bridgehead atoms. The molecule has 0 spiro atoms. The van der Waals surface area contributed by atoms with E-state index in [1.54, 1.807) is 0 Å². The number of aryl methyl sites for hydroxylation is 2. The molecule has 1 N–H and O–H groups in total. The molecule has 1 unspecified atom stereocenters. The molecule has 1 aliphatic heterocycles. The molecule has 1 aromatic carbocycles. The van der Waals surface area contributed by atoms with E-state index in [9.17, 15) is 0 Å². The van der Waals surface area contributed by atoms with Crippen LogP contribution in [0.2, 0.25) is 0 Å². The Balaban J connectivity index is 2.10. The first-order valence-corrected chi connectivity index (χ1v) is 6.76. The number of nitrogens with zero attached hydrogens (tertiary/aromatic N) is 1. The van der Waals surface area contributed by atoms with Crippen LogP contribution in [0.15, 0.2) is 18.2 Å². The lowest BCUT2D eigenvalue weighted by atomic mass is 10.1. The van der Waals surface area contributed by atoms with Gasteiger partial charge in [0.15, 0.2) is 0 Å². The number of hydrogen-bond donors (Lipinski definition) is 1. The zero-order valence-corrected chi connectivity index (χ0v) is 11.3. The van der Waals surface area contributed by atoms with Gasteiger partial charge in [0, 0.05) is 31.4 Å². The first-order chi connectivity index (χ1) is 8.20. The largest absolute Gasteiger partial charge is 0.368 e. The van der Waals surface area contributed by atoms with Crippen LogP contribution in [0.3, 0.4) is 0 Å². The topological polar surface area (TPSA) is 15.3 Å². The molecule has 2 heteroatoms. The van der Waals surface area contributed by atoms with E-state index in [0.717, 1.165) is 19.6 Å². The molecule has 1 aromatic rings. The smallest absolute Gasteiger partial charge is 0.0397 e. The van der Waals surface area contributed by atoms with E-state index in [-0.39, 0.29) is 0 Å². The van der Waals surface area contributed by atoms with Gasteiger partial charge in [0.2, 0.25) is 0 Å². The fourth-order valence-corrected chi connectivity index (χ4v) is 2.75. The molecule has 1 saturated heterocycles. The van der Waals surface area contributed by atoms with Gasteiger partial charge in [0.25, 0.3) is 0 Å². The number of nitrogens with one attached hydrogen (secondary N) is 1. The van der Waals surface area contributed by atoms with Crippen LogP contribution in [-0.2, 0) is 0 Å². The summed E-state index contributed by atoms with van der Waals surface area (Å²) in [4.78, 5) is 2.53. The summed E-state index contributed by atoms with van der Waals surface area (Å²) in [6.45, 7) is 10.0. The summed E-state index contributed by atoms with van der Waals surface area (Å²) < 4.78 is 0. The third-order valence-corrected chi connectivity index (χ3v) is 3.59. The van der Waals surface area contributed by atoms with Crippen molar-refractivity contribution < 1.29 is 0 Å². The molecule has 1 fully saturated rings. The number of rotatable bonds is 3. The molecule has 0 saturated carbocycles. The average molecular weight is 232 g/mol. The Bertz CT molecular complexity index is 371. The van der Waals surface area contributed by atoms with E-state index in [1.165, 1.54) is 29.7 Å². The van der Waals surface area contributed by atoms with Crippen LogP contribution in [0.25, 0.3) is 0 Å². The highest BCUT2D eigenvalue weighted by molar-refractivity contribution is 5.54. The molecular formula is C15H24N2. The van der Waals surface area contributed by atoms with Crippen LogP contribution in [0.1, 0.15) is 30.9 Å². The van der Waals surface area contributed by atoms with E-state index < -0.39 is 0 Å². The van der Waals surface area contributed by atoms with E-state index in [1.807, 2.05) is 0 Å².